The number of benzene rings is 2. The van der Waals surface area contributed by atoms with Crippen LogP contribution in [0.4, 0.5) is 0 Å². The van der Waals surface area contributed by atoms with Crippen molar-refractivity contribution in [2.75, 3.05) is 40.4 Å². The first kappa shape index (κ1) is 25.6. The Bertz CT molecular complexity index is 1070. The van der Waals surface area contributed by atoms with Gasteiger partial charge in [-0.05, 0) is 76.8 Å². The van der Waals surface area contributed by atoms with Crippen molar-refractivity contribution < 1.29 is 24.2 Å². The maximum atomic E-state index is 13.2. The number of likely N-dealkylation sites (tertiary alicyclic amines) is 1. The molecule has 1 aliphatic rings. The number of Topliss-reactive ketones (excluding diaryl/α,β-unsaturated/α-hetero) is 1. The Labute approximate surface area is 205 Å². The van der Waals surface area contributed by atoms with Crippen LogP contribution in [-0.2, 0) is 9.59 Å². The van der Waals surface area contributed by atoms with E-state index in [-0.39, 0.29) is 21.9 Å². The summed E-state index contributed by atoms with van der Waals surface area (Å²) in [5.41, 5.74) is 0.954. The van der Waals surface area contributed by atoms with E-state index < -0.39 is 17.7 Å². The molecule has 1 unspecified atom stereocenters. The highest BCUT2D eigenvalue weighted by Gasteiger charge is 2.46. The molecule has 1 amide bonds. The van der Waals surface area contributed by atoms with Gasteiger partial charge in [-0.25, -0.2) is 0 Å². The van der Waals surface area contributed by atoms with Gasteiger partial charge in [0.2, 0.25) is 0 Å². The smallest absolute Gasteiger partial charge is 0.295 e. The first-order valence-electron chi connectivity index (χ1n) is 11.4. The lowest BCUT2D eigenvalue weighted by Gasteiger charge is -2.26. The molecule has 0 aromatic heterocycles. The van der Waals surface area contributed by atoms with Crippen LogP contribution in [0.5, 0.6) is 11.5 Å². The number of aliphatic hydroxyl groups excluding tert-OH is 1. The van der Waals surface area contributed by atoms with Crippen molar-refractivity contribution in [3.8, 4) is 11.5 Å². The van der Waals surface area contributed by atoms with Gasteiger partial charge < -0.3 is 24.4 Å². The van der Waals surface area contributed by atoms with Gasteiger partial charge in [-0.3, -0.25) is 9.59 Å². The molecule has 0 bridgehead atoms. The van der Waals surface area contributed by atoms with Crippen molar-refractivity contribution in [2.24, 2.45) is 0 Å². The third kappa shape index (κ3) is 5.54. The lowest BCUT2D eigenvalue weighted by atomic mass is 9.95. The molecule has 0 aliphatic carbocycles. The van der Waals surface area contributed by atoms with E-state index in [4.69, 9.17) is 21.1 Å². The molecule has 1 atom stereocenters. The number of carbonyl (C=O) groups is 2. The monoisotopic (exact) mass is 486 g/mol. The molecule has 3 rings (SSSR count). The fraction of sp³-hybridized carbons (Fsp3) is 0.385. The zero-order chi connectivity index (χ0) is 24.8. The van der Waals surface area contributed by atoms with E-state index in [0.717, 1.165) is 6.54 Å². The molecule has 1 saturated heterocycles. The summed E-state index contributed by atoms with van der Waals surface area (Å²) in [4.78, 5) is 29.8. The fourth-order valence-electron chi connectivity index (χ4n) is 4.01. The highest BCUT2D eigenvalue weighted by molar-refractivity contribution is 6.47. The minimum atomic E-state index is -0.746. The summed E-state index contributed by atoms with van der Waals surface area (Å²) in [5, 5.41) is 11.5. The minimum absolute atomic E-state index is 0.00885. The quantitative estimate of drug-likeness (QED) is 0.302. The Kier molecular flexibility index (Phi) is 8.58. The van der Waals surface area contributed by atoms with Crippen LogP contribution in [-0.4, -0.2) is 67.0 Å². The lowest BCUT2D eigenvalue weighted by molar-refractivity contribution is -0.139. The van der Waals surface area contributed by atoms with Crippen LogP contribution >= 0.6 is 11.6 Å². The number of ketones is 1. The zero-order valence-electron chi connectivity index (χ0n) is 20.0. The number of amides is 1. The van der Waals surface area contributed by atoms with Crippen LogP contribution in [0.2, 0.25) is 5.02 Å². The molecule has 8 heteroatoms. The number of nitrogens with zero attached hydrogens (tertiary/aromatic N) is 2. The molecule has 0 radical (unpaired) electrons. The van der Waals surface area contributed by atoms with Crippen molar-refractivity contribution in [1.29, 1.82) is 0 Å². The van der Waals surface area contributed by atoms with Gasteiger partial charge in [-0.1, -0.05) is 23.7 Å². The maximum absolute atomic E-state index is 13.2. The molecular weight excluding hydrogens is 456 g/mol. The standard InChI is InChI=1S/C26H31ClN2O5/c1-5-33-18-10-8-17(9-11-18)23-22(25(31)26(32)29(23)15-7-14-28(3)4)24(30)20-16-19(34-6-2)12-13-21(20)27/h8-13,16,23,30H,5-7,14-15H2,1-4H3/b24-22+. The van der Waals surface area contributed by atoms with E-state index >= 15 is 0 Å². The number of ether oxygens (including phenoxy) is 2. The van der Waals surface area contributed by atoms with Crippen molar-refractivity contribution in [1.82, 2.24) is 9.80 Å². The molecule has 182 valence electrons. The number of rotatable bonds is 10. The number of hydrogen-bond acceptors (Lipinski definition) is 6. The van der Waals surface area contributed by atoms with Crippen molar-refractivity contribution in [3.63, 3.8) is 0 Å². The second kappa shape index (κ2) is 11.4. The molecule has 2 aromatic rings. The summed E-state index contributed by atoms with van der Waals surface area (Å²) >= 11 is 6.38. The maximum Gasteiger partial charge on any atom is 0.295 e. The Morgan fingerprint density at radius 2 is 1.65 bits per heavy atom. The highest BCUT2D eigenvalue weighted by Crippen LogP contribution is 2.41. The zero-order valence-corrected chi connectivity index (χ0v) is 20.8. The molecule has 0 saturated carbocycles. The third-order valence-electron chi connectivity index (χ3n) is 5.56. The van der Waals surface area contributed by atoms with Crippen LogP contribution in [0, 0.1) is 0 Å². The molecule has 34 heavy (non-hydrogen) atoms. The summed E-state index contributed by atoms with van der Waals surface area (Å²) in [5.74, 6) is -0.510. The first-order valence-corrected chi connectivity index (χ1v) is 11.7. The number of hydrogen-bond donors (Lipinski definition) is 1. The third-order valence-corrected chi connectivity index (χ3v) is 5.88. The Hall–Kier alpha value is -3.03. The van der Waals surface area contributed by atoms with Crippen LogP contribution in [0.15, 0.2) is 48.0 Å². The molecule has 7 nitrogen and oxygen atoms in total. The Balaban J connectivity index is 2.11. The van der Waals surface area contributed by atoms with Gasteiger partial charge in [0.05, 0.1) is 29.9 Å². The predicted molar refractivity (Wildman–Crippen MR) is 132 cm³/mol. The fourth-order valence-corrected chi connectivity index (χ4v) is 4.22. The van der Waals surface area contributed by atoms with E-state index in [0.29, 0.717) is 43.2 Å². The van der Waals surface area contributed by atoms with Gasteiger partial charge in [0.15, 0.2) is 0 Å². The van der Waals surface area contributed by atoms with E-state index in [9.17, 15) is 14.7 Å². The number of carbonyl (C=O) groups excluding carboxylic acids is 2. The van der Waals surface area contributed by atoms with Gasteiger partial charge in [-0.15, -0.1) is 0 Å². The molecule has 1 heterocycles. The Morgan fingerprint density at radius 1 is 1.03 bits per heavy atom. The largest absolute Gasteiger partial charge is 0.507 e. The van der Waals surface area contributed by atoms with Gasteiger partial charge in [0.1, 0.15) is 17.3 Å². The predicted octanol–water partition coefficient (Wildman–Crippen LogP) is 4.51. The number of aliphatic hydroxyl groups is 1. The van der Waals surface area contributed by atoms with E-state index in [1.54, 1.807) is 30.3 Å². The SMILES string of the molecule is CCOc1ccc(C2/C(=C(\O)c3cc(OCC)ccc3Cl)C(=O)C(=O)N2CCCN(C)C)cc1. The molecule has 0 spiro atoms. The molecule has 1 N–H and O–H groups in total. The normalized spacial score (nSPS) is 17.5. The minimum Gasteiger partial charge on any atom is -0.507 e. The summed E-state index contributed by atoms with van der Waals surface area (Å²) in [6, 6.07) is 11.3. The van der Waals surface area contributed by atoms with Crippen molar-refractivity contribution in [2.45, 2.75) is 26.3 Å². The lowest BCUT2D eigenvalue weighted by Crippen LogP contribution is -2.32. The van der Waals surface area contributed by atoms with E-state index in [1.165, 1.54) is 4.90 Å². The second-order valence-electron chi connectivity index (χ2n) is 8.23. The Morgan fingerprint density at radius 3 is 2.26 bits per heavy atom. The van der Waals surface area contributed by atoms with E-state index in [1.807, 2.05) is 45.0 Å². The molecule has 1 fully saturated rings. The summed E-state index contributed by atoms with van der Waals surface area (Å²) in [6.07, 6.45) is 0.675. The summed E-state index contributed by atoms with van der Waals surface area (Å²) in [7, 11) is 3.90. The first-order chi connectivity index (χ1) is 16.3. The van der Waals surface area contributed by atoms with Crippen LogP contribution in [0.25, 0.3) is 5.76 Å². The number of halogens is 1. The van der Waals surface area contributed by atoms with Crippen molar-refractivity contribution >= 4 is 29.1 Å². The summed E-state index contributed by atoms with van der Waals surface area (Å²) in [6.45, 7) is 5.82. The van der Waals surface area contributed by atoms with Crippen molar-refractivity contribution in [3.05, 3.63) is 64.2 Å². The summed E-state index contributed by atoms with van der Waals surface area (Å²) < 4.78 is 11.1. The van der Waals surface area contributed by atoms with Crippen LogP contribution in [0.3, 0.4) is 0 Å². The topological polar surface area (TPSA) is 79.3 Å². The van der Waals surface area contributed by atoms with Crippen LogP contribution in [0.1, 0.15) is 37.4 Å². The molecule has 1 aliphatic heterocycles. The molecule has 2 aromatic carbocycles. The average Bonchev–Trinajstić information content (AvgIpc) is 3.05. The van der Waals surface area contributed by atoms with Crippen LogP contribution < -0.4 is 9.47 Å². The van der Waals surface area contributed by atoms with Gasteiger partial charge in [-0.2, -0.15) is 0 Å². The second-order valence-corrected chi connectivity index (χ2v) is 8.63. The molecular formula is C26H31ClN2O5. The van der Waals surface area contributed by atoms with Gasteiger partial charge in [0, 0.05) is 12.1 Å². The highest BCUT2D eigenvalue weighted by atomic mass is 35.5. The van der Waals surface area contributed by atoms with Gasteiger partial charge in [0.25, 0.3) is 11.7 Å². The van der Waals surface area contributed by atoms with Gasteiger partial charge >= 0.3 is 0 Å². The van der Waals surface area contributed by atoms with E-state index in [2.05, 4.69) is 0 Å². The average molecular weight is 487 g/mol.